The summed E-state index contributed by atoms with van der Waals surface area (Å²) < 4.78 is 5.19. The number of rotatable bonds is 6. The number of hydrogen-bond acceptors (Lipinski definition) is 3. The predicted octanol–water partition coefficient (Wildman–Crippen LogP) is 1.73. The maximum Gasteiger partial charge on any atom is 0.0589 e. The maximum atomic E-state index is 5.19. The number of hydrogen-bond donors (Lipinski definition) is 1. The van der Waals surface area contributed by atoms with E-state index in [0.29, 0.717) is 17.5 Å². The molecule has 0 aromatic heterocycles. The third kappa shape index (κ3) is 2.96. The largest absolute Gasteiger partial charge is 0.383 e. The summed E-state index contributed by atoms with van der Waals surface area (Å²) in [6, 6.07) is 1.27. The Labute approximate surface area is 101 Å². The molecule has 0 radical (unpaired) electrons. The van der Waals surface area contributed by atoms with Crippen molar-refractivity contribution in [3.8, 4) is 0 Å². The molecule has 96 valence electrons. The maximum absolute atomic E-state index is 5.19. The van der Waals surface area contributed by atoms with Crippen LogP contribution in [0.3, 0.4) is 0 Å². The van der Waals surface area contributed by atoms with Gasteiger partial charge < -0.3 is 10.1 Å². The molecule has 0 aromatic carbocycles. The number of methoxy groups -OCH3 is 1. The van der Waals surface area contributed by atoms with Crippen molar-refractivity contribution in [1.29, 1.82) is 0 Å². The highest BCUT2D eigenvalue weighted by Crippen LogP contribution is 2.39. The van der Waals surface area contributed by atoms with Gasteiger partial charge in [0.05, 0.1) is 6.61 Å². The van der Waals surface area contributed by atoms with Crippen LogP contribution in [0.2, 0.25) is 0 Å². The summed E-state index contributed by atoms with van der Waals surface area (Å²) in [6.45, 7) is 9.99. The van der Waals surface area contributed by atoms with Gasteiger partial charge in [0.1, 0.15) is 0 Å². The molecule has 0 spiro atoms. The van der Waals surface area contributed by atoms with Crippen LogP contribution >= 0.6 is 0 Å². The number of likely N-dealkylation sites (N-methyl/N-ethyl adjacent to an activating group) is 2. The molecule has 0 aliphatic heterocycles. The summed E-state index contributed by atoms with van der Waals surface area (Å²) in [6.07, 6.45) is 2.61. The van der Waals surface area contributed by atoms with Crippen LogP contribution in [0.15, 0.2) is 0 Å². The monoisotopic (exact) mass is 228 g/mol. The van der Waals surface area contributed by atoms with Crippen LogP contribution in [-0.2, 0) is 4.74 Å². The molecule has 2 atom stereocenters. The second-order valence-electron chi connectivity index (χ2n) is 5.48. The first-order chi connectivity index (χ1) is 7.56. The Morgan fingerprint density at radius 3 is 2.62 bits per heavy atom. The lowest BCUT2D eigenvalue weighted by atomic mass is 9.86. The van der Waals surface area contributed by atoms with Crippen molar-refractivity contribution >= 4 is 0 Å². The smallest absolute Gasteiger partial charge is 0.0589 e. The van der Waals surface area contributed by atoms with Gasteiger partial charge in [0.15, 0.2) is 0 Å². The van der Waals surface area contributed by atoms with Crippen molar-refractivity contribution in [2.24, 2.45) is 5.41 Å². The van der Waals surface area contributed by atoms with Crippen LogP contribution < -0.4 is 5.32 Å². The van der Waals surface area contributed by atoms with Gasteiger partial charge in [0.2, 0.25) is 0 Å². The second-order valence-corrected chi connectivity index (χ2v) is 5.48. The Kier molecular flexibility index (Phi) is 5.22. The Morgan fingerprint density at radius 1 is 1.44 bits per heavy atom. The zero-order valence-electron chi connectivity index (χ0n) is 11.5. The second kappa shape index (κ2) is 5.99. The zero-order valence-corrected chi connectivity index (χ0v) is 11.5. The molecule has 1 fully saturated rings. The lowest BCUT2D eigenvalue weighted by molar-refractivity contribution is 0.105. The van der Waals surface area contributed by atoms with E-state index in [4.69, 9.17) is 4.74 Å². The van der Waals surface area contributed by atoms with Crippen LogP contribution in [0.1, 0.15) is 33.6 Å². The zero-order chi connectivity index (χ0) is 12.2. The molecule has 0 saturated heterocycles. The topological polar surface area (TPSA) is 24.5 Å². The molecule has 0 amide bonds. The van der Waals surface area contributed by atoms with Crippen molar-refractivity contribution in [2.45, 2.75) is 45.7 Å². The van der Waals surface area contributed by atoms with Gasteiger partial charge in [-0.05, 0) is 31.8 Å². The first-order valence-corrected chi connectivity index (χ1v) is 6.47. The molecule has 0 heterocycles. The Hall–Kier alpha value is -0.120. The summed E-state index contributed by atoms with van der Waals surface area (Å²) >= 11 is 0. The van der Waals surface area contributed by atoms with Crippen LogP contribution in [0.25, 0.3) is 0 Å². The summed E-state index contributed by atoms with van der Waals surface area (Å²) in [5.74, 6) is 0. The number of nitrogens with one attached hydrogen (secondary N) is 1. The van der Waals surface area contributed by atoms with E-state index < -0.39 is 0 Å². The van der Waals surface area contributed by atoms with Gasteiger partial charge in [0, 0.05) is 25.7 Å². The fraction of sp³-hybridized carbons (Fsp3) is 1.00. The van der Waals surface area contributed by atoms with Crippen molar-refractivity contribution in [3.05, 3.63) is 0 Å². The van der Waals surface area contributed by atoms with Gasteiger partial charge in [-0.25, -0.2) is 0 Å². The fourth-order valence-electron chi connectivity index (χ4n) is 3.11. The molecule has 0 aromatic rings. The lowest BCUT2D eigenvalue weighted by Crippen LogP contribution is -2.51. The highest BCUT2D eigenvalue weighted by Gasteiger charge is 2.42. The van der Waals surface area contributed by atoms with E-state index in [-0.39, 0.29) is 0 Å². The quantitative estimate of drug-likeness (QED) is 0.749. The molecule has 1 rings (SSSR count). The minimum Gasteiger partial charge on any atom is -0.383 e. The van der Waals surface area contributed by atoms with Crippen molar-refractivity contribution < 1.29 is 4.74 Å². The molecule has 3 heteroatoms. The van der Waals surface area contributed by atoms with Crippen LogP contribution in [0.5, 0.6) is 0 Å². The summed E-state index contributed by atoms with van der Waals surface area (Å²) in [5, 5.41) is 3.51. The van der Waals surface area contributed by atoms with Gasteiger partial charge in [-0.3, -0.25) is 4.90 Å². The van der Waals surface area contributed by atoms with Gasteiger partial charge in [-0.1, -0.05) is 20.8 Å². The Balaban J connectivity index is 2.63. The van der Waals surface area contributed by atoms with E-state index >= 15 is 0 Å². The van der Waals surface area contributed by atoms with Crippen molar-refractivity contribution in [1.82, 2.24) is 10.2 Å². The van der Waals surface area contributed by atoms with E-state index in [9.17, 15) is 0 Å². The first kappa shape index (κ1) is 13.9. The summed E-state index contributed by atoms with van der Waals surface area (Å²) in [5.41, 5.74) is 0.417. The first-order valence-electron chi connectivity index (χ1n) is 6.47. The number of nitrogens with zero attached hydrogens (tertiary/aromatic N) is 1. The normalized spacial score (nSPS) is 28.9. The highest BCUT2D eigenvalue weighted by molar-refractivity contribution is 5.00. The molecule has 16 heavy (non-hydrogen) atoms. The van der Waals surface area contributed by atoms with Gasteiger partial charge >= 0.3 is 0 Å². The Bertz CT molecular complexity index is 206. The third-order valence-electron chi connectivity index (χ3n) is 4.08. The molecule has 1 saturated carbocycles. The predicted molar refractivity (Wildman–Crippen MR) is 68.8 cm³/mol. The molecule has 1 N–H and O–H groups in total. The van der Waals surface area contributed by atoms with Crippen LogP contribution in [-0.4, -0.2) is 50.8 Å². The average Bonchev–Trinajstić information content (AvgIpc) is 2.55. The standard InChI is InChI=1S/C13H28N2O/c1-6-15(9-10-16-5)11-7-8-13(2,3)12(11)14-4/h11-12,14H,6-10H2,1-5H3. The summed E-state index contributed by atoms with van der Waals surface area (Å²) in [4.78, 5) is 2.55. The molecule has 2 unspecified atom stereocenters. The molecule has 1 aliphatic rings. The van der Waals surface area contributed by atoms with Crippen molar-refractivity contribution in [2.75, 3.05) is 33.9 Å². The average molecular weight is 228 g/mol. The molecule has 0 bridgehead atoms. The van der Waals surface area contributed by atoms with Crippen LogP contribution in [0, 0.1) is 5.41 Å². The Morgan fingerprint density at radius 2 is 2.12 bits per heavy atom. The highest BCUT2D eigenvalue weighted by atomic mass is 16.5. The SMILES string of the molecule is CCN(CCOC)C1CCC(C)(C)C1NC. The number of ether oxygens (including phenoxy) is 1. The minimum atomic E-state index is 0.417. The van der Waals surface area contributed by atoms with Gasteiger partial charge in [-0.15, -0.1) is 0 Å². The summed E-state index contributed by atoms with van der Waals surface area (Å²) in [7, 11) is 3.87. The van der Waals surface area contributed by atoms with E-state index in [1.54, 1.807) is 7.11 Å². The van der Waals surface area contributed by atoms with E-state index in [1.807, 2.05) is 0 Å². The molecular weight excluding hydrogens is 200 g/mol. The minimum absolute atomic E-state index is 0.417. The molecule has 1 aliphatic carbocycles. The van der Waals surface area contributed by atoms with Crippen LogP contribution in [0.4, 0.5) is 0 Å². The third-order valence-corrected chi connectivity index (χ3v) is 4.08. The van der Waals surface area contributed by atoms with E-state index in [2.05, 4.69) is 38.0 Å². The van der Waals surface area contributed by atoms with Crippen molar-refractivity contribution in [3.63, 3.8) is 0 Å². The van der Waals surface area contributed by atoms with Gasteiger partial charge in [-0.2, -0.15) is 0 Å². The van der Waals surface area contributed by atoms with E-state index in [0.717, 1.165) is 19.7 Å². The van der Waals surface area contributed by atoms with Gasteiger partial charge in [0.25, 0.3) is 0 Å². The lowest BCUT2D eigenvalue weighted by Gasteiger charge is -2.36. The fourth-order valence-corrected chi connectivity index (χ4v) is 3.11. The molecular formula is C13H28N2O. The van der Waals surface area contributed by atoms with E-state index in [1.165, 1.54) is 12.8 Å². The molecule has 3 nitrogen and oxygen atoms in total.